The lowest BCUT2D eigenvalue weighted by atomic mass is 10.2. The average Bonchev–Trinajstić information content (AvgIpc) is 2.28. The summed E-state index contributed by atoms with van der Waals surface area (Å²) in [4.78, 5) is -0.000694. The number of hydrogen-bond donors (Lipinski definition) is 2. The van der Waals surface area contributed by atoms with Crippen LogP contribution in [-0.4, -0.2) is 28.7 Å². The maximum atomic E-state index is 11.6. The van der Waals surface area contributed by atoms with Crippen molar-refractivity contribution in [2.45, 2.75) is 4.90 Å². The molecule has 3 N–H and O–H groups in total. The fraction of sp³-hybridized carbons (Fsp3) is 0.333. The zero-order chi connectivity index (χ0) is 11.8. The van der Waals surface area contributed by atoms with Crippen LogP contribution < -0.4 is 19.9 Å². The number of fused-ring (bicyclic) bond motifs is 1. The van der Waals surface area contributed by atoms with Crippen LogP contribution in [0, 0.1) is 0 Å². The zero-order valence-electron chi connectivity index (χ0n) is 9.10. The van der Waals surface area contributed by atoms with E-state index in [1.807, 2.05) is 0 Å². The van der Waals surface area contributed by atoms with Gasteiger partial charge in [-0.25, -0.2) is 13.1 Å². The molecule has 0 saturated heterocycles. The number of halogens is 1. The number of hydrogen-bond acceptors (Lipinski definition) is 5. The Morgan fingerprint density at radius 2 is 1.76 bits per heavy atom. The van der Waals surface area contributed by atoms with Crippen molar-refractivity contribution in [3.63, 3.8) is 0 Å². The molecule has 0 spiro atoms. The topological polar surface area (TPSA) is 90.7 Å². The largest absolute Gasteiger partial charge is 0.486 e. The van der Waals surface area contributed by atoms with E-state index in [1.165, 1.54) is 19.2 Å². The summed E-state index contributed by atoms with van der Waals surface area (Å²) in [6.45, 7) is 0.834. The van der Waals surface area contributed by atoms with Gasteiger partial charge in [-0.15, -0.1) is 12.4 Å². The highest BCUT2D eigenvalue weighted by molar-refractivity contribution is 7.89. The molecule has 1 aromatic rings. The average molecular weight is 281 g/mol. The molecule has 1 aliphatic rings. The van der Waals surface area contributed by atoms with Gasteiger partial charge in [-0.05, 0) is 7.05 Å². The van der Waals surface area contributed by atoms with E-state index < -0.39 is 10.0 Å². The molecule has 1 aliphatic heterocycles. The van der Waals surface area contributed by atoms with E-state index in [4.69, 9.17) is 15.2 Å². The Balaban J connectivity index is 0.00000144. The van der Waals surface area contributed by atoms with Crippen molar-refractivity contribution in [1.29, 1.82) is 0 Å². The molecular weight excluding hydrogens is 268 g/mol. The molecule has 0 fully saturated rings. The molecule has 1 aromatic carbocycles. The molecule has 0 aromatic heterocycles. The summed E-state index contributed by atoms with van der Waals surface area (Å²) >= 11 is 0. The Bertz CT molecular complexity index is 518. The van der Waals surface area contributed by atoms with E-state index in [0.717, 1.165) is 0 Å². The summed E-state index contributed by atoms with van der Waals surface area (Å²) in [7, 11) is -2.25. The van der Waals surface area contributed by atoms with Crippen LogP contribution >= 0.6 is 12.4 Å². The minimum absolute atomic E-state index is 0. The molecule has 6 nitrogen and oxygen atoms in total. The Labute approximate surface area is 106 Å². The van der Waals surface area contributed by atoms with Crippen LogP contribution in [0.1, 0.15) is 0 Å². The zero-order valence-corrected chi connectivity index (χ0v) is 10.7. The second kappa shape index (κ2) is 4.99. The highest BCUT2D eigenvalue weighted by atomic mass is 35.5. The molecule has 2 rings (SSSR count). The van der Waals surface area contributed by atoms with Gasteiger partial charge in [0.05, 0.1) is 5.69 Å². The summed E-state index contributed by atoms with van der Waals surface area (Å²) in [5.74, 6) is 0.869. The van der Waals surface area contributed by atoms with Crippen molar-refractivity contribution in [1.82, 2.24) is 4.72 Å². The summed E-state index contributed by atoms with van der Waals surface area (Å²) in [5, 5.41) is 0. The molecule has 0 atom stereocenters. The fourth-order valence-corrected chi connectivity index (χ4v) is 2.28. The Kier molecular flexibility index (Phi) is 4.07. The van der Waals surface area contributed by atoms with Gasteiger partial charge >= 0.3 is 0 Å². The number of benzene rings is 1. The van der Waals surface area contributed by atoms with Crippen molar-refractivity contribution >= 4 is 28.1 Å². The maximum Gasteiger partial charge on any atom is 0.242 e. The third-order valence-corrected chi connectivity index (χ3v) is 3.70. The minimum Gasteiger partial charge on any atom is -0.486 e. The number of ether oxygens (including phenoxy) is 2. The van der Waals surface area contributed by atoms with E-state index >= 15 is 0 Å². The SMILES string of the molecule is CNS(=O)(=O)c1cc2c(cc1N)OCCO2.Cl. The van der Waals surface area contributed by atoms with Gasteiger partial charge in [-0.2, -0.15) is 0 Å². The van der Waals surface area contributed by atoms with Crippen LogP contribution in [0.15, 0.2) is 17.0 Å². The molecule has 0 radical (unpaired) electrons. The summed E-state index contributed by atoms with van der Waals surface area (Å²) < 4.78 is 36.0. The Morgan fingerprint density at radius 3 is 2.29 bits per heavy atom. The van der Waals surface area contributed by atoms with E-state index in [9.17, 15) is 8.42 Å². The van der Waals surface area contributed by atoms with Crippen LogP contribution in [-0.2, 0) is 10.0 Å². The van der Waals surface area contributed by atoms with Gasteiger partial charge < -0.3 is 15.2 Å². The van der Waals surface area contributed by atoms with Gasteiger partial charge in [0.15, 0.2) is 11.5 Å². The lowest BCUT2D eigenvalue weighted by Crippen LogP contribution is -2.21. The van der Waals surface area contributed by atoms with Gasteiger partial charge in [-0.3, -0.25) is 0 Å². The molecule has 0 unspecified atom stereocenters. The maximum absolute atomic E-state index is 11.6. The second-order valence-electron chi connectivity index (χ2n) is 3.24. The lowest BCUT2D eigenvalue weighted by molar-refractivity contribution is 0.171. The predicted octanol–water partition coefficient (Wildman–Crippen LogP) is 0.370. The van der Waals surface area contributed by atoms with E-state index in [0.29, 0.717) is 24.7 Å². The molecule has 0 bridgehead atoms. The lowest BCUT2D eigenvalue weighted by Gasteiger charge is -2.19. The van der Waals surface area contributed by atoms with Crippen molar-refractivity contribution in [2.75, 3.05) is 26.0 Å². The van der Waals surface area contributed by atoms with Gasteiger partial charge in [0.1, 0.15) is 18.1 Å². The first-order valence-electron chi connectivity index (χ1n) is 4.67. The highest BCUT2D eigenvalue weighted by Crippen LogP contribution is 2.36. The highest BCUT2D eigenvalue weighted by Gasteiger charge is 2.21. The number of anilines is 1. The standard InChI is InChI=1S/C9H12N2O4S.ClH/c1-11-16(12,13)9-5-8-7(4-6(9)10)14-2-3-15-8;/h4-5,11H,2-3,10H2,1H3;1H. The first kappa shape index (κ1) is 13.9. The molecule has 96 valence electrons. The third kappa shape index (κ3) is 2.56. The van der Waals surface area contributed by atoms with Crippen LogP contribution in [0.3, 0.4) is 0 Å². The second-order valence-corrected chi connectivity index (χ2v) is 5.10. The third-order valence-electron chi connectivity index (χ3n) is 2.23. The number of nitrogen functional groups attached to an aromatic ring is 1. The van der Waals surface area contributed by atoms with Crippen LogP contribution in [0.2, 0.25) is 0 Å². The van der Waals surface area contributed by atoms with E-state index in [2.05, 4.69) is 4.72 Å². The van der Waals surface area contributed by atoms with Crippen LogP contribution in [0.4, 0.5) is 5.69 Å². The van der Waals surface area contributed by atoms with Crippen molar-refractivity contribution in [3.05, 3.63) is 12.1 Å². The number of nitrogens with one attached hydrogen (secondary N) is 1. The molecule has 0 aliphatic carbocycles. The van der Waals surface area contributed by atoms with Gasteiger partial charge in [0.25, 0.3) is 0 Å². The molecule has 17 heavy (non-hydrogen) atoms. The fourth-order valence-electron chi connectivity index (χ4n) is 1.43. The molecule has 1 heterocycles. The van der Waals surface area contributed by atoms with Gasteiger partial charge in [0.2, 0.25) is 10.0 Å². The summed E-state index contributed by atoms with van der Waals surface area (Å²) in [6, 6.07) is 2.83. The number of sulfonamides is 1. The van der Waals surface area contributed by atoms with Gasteiger partial charge in [-0.1, -0.05) is 0 Å². The minimum atomic E-state index is -3.57. The molecular formula is C9H13ClN2O4S. The van der Waals surface area contributed by atoms with Gasteiger partial charge in [0, 0.05) is 12.1 Å². The molecule has 0 saturated carbocycles. The summed E-state index contributed by atoms with van der Waals surface area (Å²) in [6.07, 6.45) is 0. The van der Waals surface area contributed by atoms with Crippen LogP contribution in [0.5, 0.6) is 11.5 Å². The van der Waals surface area contributed by atoms with Crippen molar-refractivity contribution in [2.24, 2.45) is 0 Å². The molecule has 0 amide bonds. The Morgan fingerprint density at radius 1 is 1.24 bits per heavy atom. The normalized spacial score (nSPS) is 13.9. The number of rotatable bonds is 2. The quantitative estimate of drug-likeness (QED) is 0.764. The Hall–Kier alpha value is -1.18. The summed E-state index contributed by atoms with van der Waals surface area (Å²) in [5.41, 5.74) is 5.79. The monoisotopic (exact) mass is 280 g/mol. The first-order chi connectivity index (χ1) is 7.54. The predicted molar refractivity (Wildman–Crippen MR) is 65.3 cm³/mol. The number of nitrogens with two attached hydrogens (primary N) is 1. The molecule has 8 heteroatoms. The van der Waals surface area contributed by atoms with E-state index in [-0.39, 0.29) is 23.0 Å². The van der Waals surface area contributed by atoms with Crippen molar-refractivity contribution in [3.8, 4) is 11.5 Å². The van der Waals surface area contributed by atoms with E-state index in [1.54, 1.807) is 0 Å². The van der Waals surface area contributed by atoms with Crippen molar-refractivity contribution < 1.29 is 17.9 Å². The first-order valence-corrected chi connectivity index (χ1v) is 6.15. The van der Waals surface area contributed by atoms with Crippen LogP contribution in [0.25, 0.3) is 0 Å². The smallest absolute Gasteiger partial charge is 0.242 e.